The van der Waals surface area contributed by atoms with Gasteiger partial charge in [0.05, 0.1) is 11.7 Å². The zero-order chi connectivity index (χ0) is 21.6. The second-order valence-electron chi connectivity index (χ2n) is 11.0. The van der Waals surface area contributed by atoms with E-state index < -0.39 is 5.60 Å². The summed E-state index contributed by atoms with van der Waals surface area (Å²) in [5.41, 5.74) is 0.976. The quantitative estimate of drug-likeness (QED) is 0.484. The molecule has 0 bridgehead atoms. The lowest BCUT2D eigenvalue weighted by Crippen LogP contribution is -2.34. The van der Waals surface area contributed by atoms with E-state index in [1.807, 2.05) is 12.4 Å². The average molecular weight is 416 g/mol. The molecule has 6 unspecified atom stereocenters. The van der Waals surface area contributed by atoms with Crippen molar-refractivity contribution in [3.8, 4) is 0 Å². The minimum Gasteiger partial charge on any atom is -0.393 e. The van der Waals surface area contributed by atoms with E-state index in [4.69, 9.17) is 0 Å². The molecule has 2 aliphatic rings. The lowest BCUT2D eigenvalue weighted by Gasteiger charge is -2.40. The highest BCUT2D eigenvalue weighted by molar-refractivity contribution is 5.15. The van der Waals surface area contributed by atoms with E-state index in [0.29, 0.717) is 29.6 Å². The van der Waals surface area contributed by atoms with Crippen molar-refractivity contribution in [3.63, 3.8) is 0 Å². The van der Waals surface area contributed by atoms with Crippen LogP contribution in [0.1, 0.15) is 109 Å². The van der Waals surface area contributed by atoms with Crippen LogP contribution in [0.2, 0.25) is 0 Å². The zero-order valence-electron chi connectivity index (χ0n) is 19.6. The molecule has 1 aromatic rings. The summed E-state index contributed by atoms with van der Waals surface area (Å²) in [5, 5.41) is 21.3. The van der Waals surface area contributed by atoms with Gasteiger partial charge in [0.15, 0.2) is 0 Å². The molecule has 2 saturated carbocycles. The summed E-state index contributed by atoms with van der Waals surface area (Å²) in [5.74, 6) is 3.11. The number of aliphatic hydroxyl groups excluding tert-OH is 1. The summed E-state index contributed by atoms with van der Waals surface area (Å²) in [4.78, 5) is 4.16. The van der Waals surface area contributed by atoms with Gasteiger partial charge in [-0.2, -0.15) is 0 Å². The summed E-state index contributed by atoms with van der Waals surface area (Å²) in [6.45, 7) is 7.10. The Morgan fingerprint density at radius 3 is 2.43 bits per heavy atom. The molecule has 3 rings (SSSR count). The standard InChI is InChI=1S/C27H45NO2/c1-20(19-27(30)13-5-4-6-14-27)7-8-21(2)26-10-9-25(29)18-24(26)17-22(3)23-11-15-28-16-12-23/h11-12,15-16,20-22,24-26,29-30H,4-10,13-14,17-19H2,1-3H3. The molecule has 2 aliphatic carbocycles. The van der Waals surface area contributed by atoms with Gasteiger partial charge in [0.2, 0.25) is 0 Å². The van der Waals surface area contributed by atoms with Crippen molar-refractivity contribution in [3.05, 3.63) is 30.1 Å². The molecule has 0 radical (unpaired) electrons. The first-order chi connectivity index (χ1) is 14.4. The fraction of sp³-hybridized carbons (Fsp3) is 0.815. The van der Waals surface area contributed by atoms with Crippen molar-refractivity contribution in [2.75, 3.05) is 0 Å². The number of hydrogen-bond donors (Lipinski definition) is 2. The SMILES string of the molecule is CC(CCC(C)C1CCC(O)CC1CC(C)c1ccncc1)CC1(O)CCCCC1. The number of nitrogens with zero attached hydrogens (tertiary/aromatic N) is 1. The minimum atomic E-state index is -0.391. The predicted octanol–water partition coefficient (Wildman–Crippen LogP) is 6.49. The Kier molecular flexibility index (Phi) is 8.77. The first kappa shape index (κ1) is 23.7. The van der Waals surface area contributed by atoms with E-state index >= 15 is 0 Å². The first-order valence-electron chi connectivity index (χ1n) is 12.7. The molecular formula is C27H45NO2. The van der Waals surface area contributed by atoms with Crippen LogP contribution < -0.4 is 0 Å². The lowest BCUT2D eigenvalue weighted by molar-refractivity contribution is -0.0180. The summed E-state index contributed by atoms with van der Waals surface area (Å²) >= 11 is 0. The number of aromatic nitrogens is 1. The van der Waals surface area contributed by atoms with Gasteiger partial charge in [0, 0.05) is 12.4 Å². The first-order valence-corrected chi connectivity index (χ1v) is 12.7. The van der Waals surface area contributed by atoms with Crippen molar-refractivity contribution in [1.29, 1.82) is 0 Å². The maximum Gasteiger partial charge on any atom is 0.0650 e. The molecule has 3 heteroatoms. The molecule has 0 aliphatic heterocycles. The molecule has 1 heterocycles. The van der Waals surface area contributed by atoms with E-state index in [9.17, 15) is 10.2 Å². The molecule has 30 heavy (non-hydrogen) atoms. The zero-order valence-corrected chi connectivity index (χ0v) is 19.6. The second kappa shape index (κ2) is 11.1. The van der Waals surface area contributed by atoms with Crippen LogP contribution in [0.25, 0.3) is 0 Å². The Balaban J connectivity index is 1.52. The van der Waals surface area contributed by atoms with Crippen molar-refractivity contribution in [2.45, 2.75) is 115 Å². The molecule has 1 aromatic heterocycles. The smallest absolute Gasteiger partial charge is 0.0650 e. The molecule has 0 aromatic carbocycles. The van der Waals surface area contributed by atoms with Gasteiger partial charge < -0.3 is 10.2 Å². The van der Waals surface area contributed by atoms with Crippen molar-refractivity contribution < 1.29 is 10.2 Å². The third kappa shape index (κ3) is 6.79. The number of rotatable bonds is 9. The summed E-state index contributed by atoms with van der Waals surface area (Å²) in [7, 11) is 0. The van der Waals surface area contributed by atoms with Gasteiger partial charge >= 0.3 is 0 Å². The van der Waals surface area contributed by atoms with Gasteiger partial charge in [0.25, 0.3) is 0 Å². The Bertz CT molecular complexity index is 613. The molecule has 170 valence electrons. The highest BCUT2D eigenvalue weighted by atomic mass is 16.3. The normalized spacial score (nSPS) is 29.8. The fourth-order valence-electron chi connectivity index (χ4n) is 6.49. The van der Waals surface area contributed by atoms with Crippen LogP contribution in [0.15, 0.2) is 24.5 Å². The highest BCUT2D eigenvalue weighted by Crippen LogP contribution is 2.43. The van der Waals surface area contributed by atoms with Crippen LogP contribution in [-0.2, 0) is 0 Å². The Morgan fingerprint density at radius 2 is 1.73 bits per heavy atom. The molecule has 0 saturated heterocycles. The molecule has 2 N–H and O–H groups in total. The van der Waals surface area contributed by atoms with E-state index in [2.05, 4.69) is 37.9 Å². The Morgan fingerprint density at radius 1 is 1.03 bits per heavy atom. The van der Waals surface area contributed by atoms with Gasteiger partial charge in [-0.05, 0) is 92.2 Å². The van der Waals surface area contributed by atoms with Crippen LogP contribution in [0.5, 0.6) is 0 Å². The van der Waals surface area contributed by atoms with Crippen LogP contribution in [-0.4, -0.2) is 26.9 Å². The predicted molar refractivity (Wildman–Crippen MR) is 124 cm³/mol. The Hall–Kier alpha value is -0.930. The Labute approximate surface area is 184 Å². The molecule has 0 spiro atoms. The van der Waals surface area contributed by atoms with Gasteiger partial charge in [-0.25, -0.2) is 0 Å². The second-order valence-corrected chi connectivity index (χ2v) is 11.0. The maximum atomic E-state index is 10.9. The number of hydrogen-bond acceptors (Lipinski definition) is 3. The monoisotopic (exact) mass is 415 g/mol. The molecule has 6 atom stereocenters. The number of pyridine rings is 1. The van der Waals surface area contributed by atoms with E-state index in [1.165, 1.54) is 37.7 Å². The highest BCUT2D eigenvalue weighted by Gasteiger charge is 2.35. The lowest BCUT2D eigenvalue weighted by atomic mass is 9.67. The largest absolute Gasteiger partial charge is 0.393 e. The van der Waals surface area contributed by atoms with Crippen molar-refractivity contribution in [1.82, 2.24) is 4.98 Å². The summed E-state index contributed by atoms with van der Waals surface area (Å²) < 4.78 is 0. The van der Waals surface area contributed by atoms with Crippen molar-refractivity contribution in [2.24, 2.45) is 23.7 Å². The maximum absolute atomic E-state index is 10.9. The fourth-order valence-corrected chi connectivity index (χ4v) is 6.49. The summed E-state index contributed by atoms with van der Waals surface area (Å²) in [6, 6.07) is 4.28. The minimum absolute atomic E-state index is 0.123. The van der Waals surface area contributed by atoms with E-state index in [0.717, 1.165) is 44.9 Å². The number of aliphatic hydroxyl groups is 2. The van der Waals surface area contributed by atoms with Crippen molar-refractivity contribution >= 4 is 0 Å². The van der Waals surface area contributed by atoms with Crippen LogP contribution >= 0.6 is 0 Å². The topological polar surface area (TPSA) is 53.4 Å². The third-order valence-corrected chi connectivity index (χ3v) is 8.30. The van der Waals surface area contributed by atoms with E-state index in [1.54, 1.807) is 0 Å². The average Bonchev–Trinajstić information content (AvgIpc) is 2.73. The molecule has 3 nitrogen and oxygen atoms in total. The van der Waals surface area contributed by atoms with Gasteiger partial charge in [-0.3, -0.25) is 4.98 Å². The molecule has 0 amide bonds. The third-order valence-electron chi connectivity index (χ3n) is 8.30. The van der Waals surface area contributed by atoms with Crippen LogP contribution in [0, 0.1) is 23.7 Å². The van der Waals surface area contributed by atoms with Gasteiger partial charge in [-0.15, -0.1) is 0 Å². The van der Waals surface area contributed by atoms with Gasteiger partial charge in [0.1, 0.15) is 0 Å². The molecular weight excluding hydrogens is 370 g/mol. The van der Waals surface area contributed by atoms with E-state index in [-0.39, 0.29) is 6.10 Å². The van der Waals surface area contributed by atoms with Crippen LogP contribution in [0.4, 0.5) is 0 Å². The van der Waals surface area contributed by atoms with Crippen LogP contribution in [0.3, 0.4) is 0 Å². The van der Waals surface area contributed by atoms with Gasteiger partial charge in [-0.1, -0.05) is 52.9 Å². The summed E-state index contributed by atoms with van der Waals surface area (Å²) in [6.07, 6.45) is 17.0. The molecule has 2 fully saturated rings.